The van der Waals surface area contributed by atoms with Crippen LogP contribution >= 0.6 is 11.6 Å². The van der Waals surface area contributed by atoms with Gasteiger partial charge in [-0.3, -0.25) is 25.0 Å². The summed E-state index contributed by atoms with van der Waals surface area (Å²) in [7, 11) is 0. The van der Waals surface area contributed by atoms with E-state index in [2.05, 4.69) is 5.32 Å². The third kappa shape index (κ3) is 3.49. The van der Waals surface area contributed by atoms with Gasteiger partial charge in [-0.2, -0.15) is 0 Å². The average molecular weight is 350 g/mol. The Labute approximate surface area is 141 Å². The smallest absolute Gasteiger partial charge is 0.300 e. The lowest BCUT2D eigenvalue weighted by atomic mass is 10.1. The molecule has 0 heterocycles. The Morgan fingerprint density at radius 2 is 1.58 bits per heavy atom. The first-order valence-electron chi connectivity index (χ1n) is 6.71. The fraction of sp³-hybridized carbons (Fsp3) is 0.133. The zero-order chi connectivity index (χ0) is 18.0. The van der Waals surface area contributed by atoms with Gasteiger partial charge >= 0.3 is 11.4 Å². The van der Waals surface area contributed by atoms with Crippen LogP contribution in [0.5, 0.6) is 0 Å². The van der Waals surface area contributed by atoms with Gasteiger partial charge in [0.25, 0.3) is 5.24 Å². The Balaban J connectivity index is 2.68. The van der Waals surface area contributed by atoms with Crippen LogP contribution in [0.1, 0.15) is 21.5 Å². The second-order valence-electron chi connectivity index (χ2n) is 5.12. The minimum Gasteiger partial charge on any atom is -0.344 e. The molecule has 24 heavy (non-hydrogen) atoms. The number of halogens is 1. The van der Waals surface area contributed by atoms with E-state index < -0.39 is 26.5 Å². The molecular formula is C15H12ClN3O5. The second-order valence-corrected chi connectivity index (χ2v) is 5.46. The largest absolute Gasteiger partial charge is 0.344 e. The van der Waals surface area contributed by atoms with Gasteiger partial charge in [0.05, 0.1) is 9.85 Å². The number of benzene rings is 2. The van der Waals surface area contributed by atoms with E-state index >= 15 is 0 Å². The first-order chi connectivity index (χ1) is 11.2. The van der Waals surface area contributed by atoms with Crippen LogP contribution in [-0.4, -0.2) is 15.1 Å². The van der Waals surface area contributed by atoms with E-state index in [4.69, 9.17) is 11.6 Å². The SMILES string of the molecule is Cc1ccc(Nc2c([N+](=O)[O-])cc(C(=O)Cl)cc2[N+](=O)[O-])c(C)c1. The van der Waals surface area contributed by atoms with Crippen molar-refractivity contribution in [2.45, 2.75) is 13.8 Å². The van der Waals surface area contributed by atoms with Crippen LogP contribution in [-0.2, 0) is 0 Å². The van der Waals surface area contributed by atoms with Crippen molar-refractivity contribution < 1.29 is 14.6 Å². The van der Waals surface area contributed by atoms with Crippen molar-refractivity contribution in [1.29, 1.82) is 0 Å². The summed E-state index contributed by atoms with van der Waals surface area (Å²) in [6.45, 7) is 3.65. The molecule has 124 valence electrons. The monoisotopic (exact) mass is 349 g/mol. The summed E-state index contributed by atoms with van der Waals surface area (Å²) in [5, 5.41) is 24.3. The molecule has 2 rings (SSSR count). The molecule has 0 bridgehead atoms. The molecule has 0 unspecified atom stereocenters. The van der Waals surface area contributed by atoms with Gasteiger partial charge in [0.1, 0.15) is 0 Å². The number of aryl methyl sites for hydroxylation is 2. The quantitative estimate of drug-likeness (QED) is 0.490. The van der Waals surface area contributed by atoms with Gasteiger partial charge in [-0.05, 0) is 37.1 Å². The Morgan fingerprint density at radius 1 is 1.04 bits per heavy atom. The highest BCUT2D eigenvalue weighted by atomic mass is 35.5. The molecule has 0 spiro atoms. The topological polar surface area (TPSA) is 115 Å². The summed E-state index contributed by atoms with van der Waals surface area (Å²) < 4.78 is 0. The van der Waals surface area contributed by atoms with E-state index in [9.17, 15) is 25.0 Å². The standard InChI is InChI=1S/C15H12ClN3O5/c1-8-3-4-11(9(2)5-8)17-14-12(18(21)22)6-10(15(16)20)7-13(14)19(23)24/h3-7,17H,1-2H3. The minimum absolute atomic E-state index is 0.307. The van der Waals surface area contributed by atoms with Crippen LogP contribution in [0.2, 0.25) is 0 Å². The van der Waals surface area contributed by atoms with E-state index in [-0.39, 0.29) is 11.3 Å². The van der Waals surface area contributed by atoms with Crippen molar-refractivity contribution in [3.05, 3.63) is 67.3 Å². The molecule has 0 radical (unpaired) electrons. The van der Waals surface area contributed by atoms with E-state index in [1.165, 1.54) is 0 Å². The number of anilines is 2. The molecule has 9 heteroatoms. The maximum absolute atomic E-state index is 11.3. The van der Waals surface area contributed by atoms with Gasteiger partial charge in [0.2, 0.25) is 0 Å². The lowest BCUT2D eigenvalue weighted by Gasteiger charge is -2.11. The molecule has 0 atom stereocenters. The first-order valence-corrected chi connectivity index (χ1v) is 7.09. The third-order valence-corrected chi connectivity index (χ3v) is 3.58. The van der Waals surface area contributed by atoms with Crippen molar-refractivity contribution in [1.82, 2.24) is 0 Å². The number of carbonyl (C=O) groups excluding carboxylic acids is 1. The molecule has 0 saturated heterocycles. The van der Waals surface area contributed by atoms with E-state index in [0.29, 0.717) is 5.69 Å². The highest BCUT2D eigenvalue weighted by Crippen LogP contribution is 2.38. The number of nitrogens with zero attached hydrogens (tertiary/aromatic N) is 2. The Morgan fingerprint density at radius 3 is 2.00 bits per heavy atom. The number of rotatable bonds is 5. The molecule has 0 aliphatic heterocycles. The number of nitro benzene ring substituents is 2. The van der Waals surface area contributed by atoms with Gasteiger partial charge in [-0.15, -0.1) is 0 Å². The molecule has 0 aliphatic rings. The highest BCUT2D eigenvalue weighted by Gasteiger charge is 2.28. The van der Waals surface area contributed by atoms with Crippen LogP contribution in [0.25, 0.3) is 0 Å². The van der Waals surface area contributed by atoms with Crippen LogP contribution in [0, 0.1) is 34.1 Å². The fourth-order valence-electron chi connectivity index (χ4n) is 2.23. The highest BCUT2D eigenvalue weighted by molar-refractivity contribution is 6.67. The summed E-state index contributed by atoms with van der Waals surface area (Å²) >= 11 is 5.31. The third-order valence-electron chi connectivity index (χ3n) is 3.36. The van der Waals surface area contributed by atoms with Gasteiger partial charge in [-0.25, -0.2) is 0 Å². The van der Waals surface area contributed by atoms with Crippen molar-refractivity contribution in [3.63, 3.8) is 0 Å². The van der Waals surface area contributed by atoms with Crippen molar-refractivity contribution in [3.8, 4) is 0 Å². The molecule has 8 nitrogen and oxygen atoms in total. The number of nitro groups is 2. The Kier molecular flexibility index (Phi) is 4.79. The fourth-order valence-corrected chi connectivity index (χ4v) is 2.34. The number of nitrogens with one attached hydrogen (secondary N) is 1. The van der Waals surface area contributed by atoms with E-state index in [0.717, 1.165) is 23.3 Å². The Bertz CT molecular complexity index is 831. The number of hydrogen-bond acceptors (Lipinski definition) is 6. The molecule has 0 aromatic heterocycles. The zero-order valence-corrected chi connectivity index (χ0v) is 13.5. The van der Waals surface area contributed by atoms with Gasteiger partial charge in [0.15, 0.2) is 5.69 Å². The average Bonchev–Trinajstić information content (AvgIpc) is 2.49. The predicted molar refractivity (Wildman–Crippen MR) is 89.1 cm³/mol. The summed E-state index contributed by atoms with van der Waals surface area (Å²) in [5.74, 6) is 0. The maximum Gasteiger partial charge on any atom is 0.300 e. The first kappa shape index (κ1) is 17.4. The van der Waals surface area contributed by atoms with Crippen LogP contribution in [0.4, 0.5) is 22.7 Å². The normalized spacial score (nSPS) is 10.3. The van der Waals surface area contributed by atoms with E-state index in [1.54, 1.807) is 19.1 Å². The molecule has 1 N–H and O–H groups in total. The van der Waals surface area contributed by atoms with Crippen LogP contribution in [0.15, 0.2) is 30.3 Å². The molecule has 0 saturated carbocycles. The summed E-state index contributed by atoms with van der Waals surface area (Å²) in [5.41, 5.74) is 0.388. The van der Waals surface area contributed by atoms with Gasteiger partial charge in [-0.1, -0.05) is 17.7 Å². The molecule has 0 amide bonds. The molecular weight excluding hydrogens is 338 g/mol. The number of carbonyl (C=O) groups is 1. The van der Waals surface area contributed by atoms with E-state index in [1.807, 2.05) is 13.0 Å². The molecule has 0 fully saturated rings. The van der Waals surface area contributed by atoms with Crippen LogP contribution in [0.3, 0.4) is 0 Å². The summed E-state index contributed by atoms with van der Waals surface area (Å²) in [6, 6.07) is 7.08. The lowest BCUT2D eigenvalue weighted by Crippen LogP contribution is -2.05. The summed E-state index contributed by atoms with van der Waals surface area (Å²) in [6.07, 6.45) is 0. The van der Waals surface area contributed by atoms with Crippen molar-refractivity contribution in [2.24, 2.45) is 0 Å². The lowest BCUT2D eigenvalue weighted by molar-refractivity contribution is -0.392. The number of hydrogen-bond donors (Lipinski definition) is 1. The minimum atomic E-state index is -1.01. The van der Waals surface area contributed by atoms with Crippen molar-refractivity contribution in [2.75, 3.05) is 5.32 Å². The molecule has 2 aromatic rings. The molecule has 0 aliphatic carbocycles. The summed E-state index contributed by atoms with van der Waals surface area (Å²) in [4.78, 5) is 32.2. The molecule has 2 aromatic carbocycles. The van der Waals surface area contributed by atoms with Crippen LogP contribution < -0.4 is 5.32 Å². The second kappa shape index (κ2) is 6.63. The van der Waals surface area contributed by atoms with Gasteiger partial charge < -0.3 is 5.32 Å². The van der Waals surface area contributed by atoms with Gasteiger partial charge in [0, 0.05) is 23.4 Å². The zero-order valence-electron chi connectivity index (χ0n) is 12.7. The maximum atomic E-state index is 11.3. The van der Waals surface area contributed by atoms with Crippen molar-refractivity contribution >= 4 is 39.6 Å². The Hall–Kier alpha value is -3.00. The predicted octanol–water partition coefficient (Wildman–Crippen LogP) is 4.24.